The molecule has 2 aliphatic rings. The second-order valence-corrected chi connectivity index (χ2v) is 27.2. The molecule has 7 aromatic rings. The highest BCUT2D eigenvalue weighted by atomic mass is 28.4. The first-order chi connectivity index (χ1) is 34.1. The van der Waals surface area contributed by atoms with Crippen molar-refractivity contribution in [2.24, 2.45) is 17.8 Å². The minimum atomic E-state index is -3.48. The number of hydrogen-bond acceptors (Lipinski definition) is 5. The van der Waals surface area contributed by atoms with Gasteiger partial charge in [-0.15, -0.1) is 0 Å². The maximum atomic E-state index is 16.1. The van der Waals surface area contributed by atoms with E-state index >= 15 is 4.79 Å². The van der Waals surface area contributed by atoms with Crippen molar-refractivity contribution in [1.29, 1.82) is 0 Å². The number of nitrogens with zero attached hydrogens (tertiary/aromatic N) is 1. The molecule has 70 heavy (non-hydrogen) atoms. The van der Waals surface area contributed by atoms with E-state index in [1.54, 1.807) is 0 Å². The zero-order valence-corrected chi connectivity index (χ0v) is 43.0. The van der Waals surface area contributed by atoms with Gasteiger partial charge in [0.05, 0.1) is 18.1 Å². The summed E-state index contributed by atoms with van der Waals surface area (Å²) >= 11 is 0. The molecule has 1 saturated carbocycles. The predicted molar refractivity (Wildman–Crippen MR) is 291 cm³/mol. The minimum Gasteiger partial charge on any atom is -0.505 e. The molecular weight excluding hydrogens is 893 g/mol. The molecule has 1 saturated heterocycles. The van der Waals surface area contributed by atoms with Gasteiger partial charge in [0.15, 0.2) is 0 Å². The Morgan fingerprint density at radius 1 is 0.557 bits per heavy atom. The summed E-state index contributed by atoms with van der Waals surface area (Å²) in [5.41, 5.74) is 0.660. The molecular formula is C62H68N2O4Si2. The topological polar surface area (TPSA) is 67.9 Å². The number of fused-ring (bicyclic) bond motifs is 1. The lowest BCUT2D eigenvalue weighted by Crippen LogP contribution is -2.71. The zero-order valence-electron chi connectivity index (χ0n) is 41.0. The highest BCUT2D eigenvalue weighted by Crippen LogP contribution is 2.39. The largest absolute Gasteiger partial charge is 0.505 e. The summed E-state index contributed by atoms with van der Waals surface area (Å²) in [4.78, 5) is 33.2. The van der Waals surface area contributed by atoms with Crippen LogP contribution >= 0.6 is 0 Å². The third kappa shape index (κ3) is 11.1. The molecule has 358 valence electrons. The average Bonchev–Trinajstić information content (AvgIpc) is 3.40. The van der Waals surface area contributed by atoms with Crippen LogP contribution in [0.4, 0.5) is 0 Å². The van der Waals surface area contributed by atoms with Gasteiger partial charge in [-0.1, -0.05) is 232 Å². The maximum Gasteiger partial charge on any atom is 0.350 e. The molecule has 1 amide bonds. The smallest absolute Gasteiger partial charge is 0.350 e. The molecule has 8 heteroatoms. The first kappa shape index (κ1) is 48.8. The molecule has 6 nitrogen and oxygen atoms in total. The Kier molecular flexibility index (Phi) is 15.5. The molecule has 1 aliphatic carbocycles. The molecule has 1 aliphatic heterocycles. The Hall–Kier alpha value is -6.17. The van der Waals surface area contributed by atoms with E-state index in [0.29, 0.717) is 31.2 Å². The lowest BCUT2D eigenvalue weighted by Gasteiger charge is -2.48. The van der Waals surface area contributed by atoms with Crippen LogP contribution in [0.5, 0.6) is 0 Å². The van der Waals surface area contributed by atoms with E-state index in [1.807, 2.05) is 72.8 Å². The molecule has 1 heterocycles. The van der Waals surface area contributed by atoms with Crippen molar-refractivity contribution in [2.75, 3.05) is 13.1 Å². The van der Waals surface area contributed by atoms with Crippen LogP contribution in [-0.4, -0.2) is 64.2 Å². The van der Waals surface area contributed by atoms with E-state index in [9.17, 15) is 4.79 Å². The van der Waals surface area contributed by atoms with E-state index < -0.39 is 34.2 Å². The molecule has 2 fully saturated rings. The van der Waals surface area contributed by atoms with Gasteiger partial charge < -0.3 is 14.2 Å². The second kappa shape index (κ2) is 22.3. The Balaban J connectivity index is 1.21. The number of benzene rings is 7. The molecule has 0 radical (unpaired) electrons. The Labute approximate surface area is 418 Å². The van der Waals surface area contributed by atoms with Crippen LogP contribution in [-0.2, 0) is 24.9 Å². The molecule has 0 aromatic heterocycles. The molecule has 0 bridgehead atoms. The monoisotopic (exact) mass is 960 g/mol. The standard InChI is InChI=1S/C62H68N2O4Si2/c1-62(2,3)63-60(65)59-45-49-29-25-26-30-50(49)46-64(59)47-52(67-69(53-31-13-5-14-32-53,54-33-15-6-16-34-54)55-35-17-7-18-36-55)44-51(43-48-27-11-4-12-28-48)61(66)68-70(56-37-19-8-20-38-56,57-39-21-9-22-40-57)58-41-23-10-24-42-58/h4-24,27-28,31-42,49-52,59H,25-26,29-30,43-47H2,1-3H3,(H,63,65)/t49-,50+,51?,52?,59+/m1/s1. The van der Waals surface area contributed by atoms with Crippen LogP contribution in [0.25, 0.3) is 0 Å². The lowest BCUT2D eigenvalue weighted by atomic mass is 9.72. The summed E-state index contributed by atoms with van der Waals surface area (Å²) < 4.78 is 15.7. The van der Waals surface area contributed by atoms with Crippen LogP contribution in [0.3, 0.4) is 0 Å². The van der Waals surface area contributed by atoms with E-state index in [1.165, 1.54) is 12.8 Å². The Morgan fingerprint density at radius 2 is 0.943 bits per heavy atom. The maximum absolute atomic E-state index is 16.1. The number of piperidine rings is 1. The number of carbonyl (C=O) groups is 2. The Bertz CT molecular complexity index is 2530. The lowest BCUT2D eigenvalue weighted by molar-refractivity contribution is -0.141. The van der Waals surface area contributed by atoms with Crippen LogP contribution in [0, 0.1) is 17.8 Å². The van der Waals surface area contributed by atoms with Gasteiger partial charge in [-0.05, 0) is 95.0 Å². The SMILES string of the molecule is CC(C)(C)NC(=O)[C@@H]1C[C@H]2CCCC[C@H]2CN1CC(CC(Cc1ccccc1)C(=O)O[Si](c1ccccc1)(c1ccccc1)c1ccccc1)O[Si](c1ccccc1)(c1ccccc1)c1ccccc1. The van der Waals surface area contributed by atoms with Crippen molar-refractivity contribution in [3.63, 3.8) is 0 Å². The fourth-order valence-corrected chi connectivity index (χ4v) is 19.3. The van der Waals surface area contributed by atoms with Gasteiger partial charge >= 0.3 is 8.32 Å². The summed E-state index contributed by atoms with van der Waals surface area (Å²) in [6, 6.07) is 73.2. The van der Waals surface area contributed by atoms with Gasteiger partial charge in [0.25, 0.3) is 14.3 Å². The number of amides is 1. The average molecular weight is 961 g/mol. The van der Waals surface area contributed by atoms with Crippen molar-refractivity contribution >= 4 is 59.6 Å². The summed E-state index contributed by atoms with van der Waals surface area (Å²) in [5, 5.41) is 9.76. The van der Waals surface area contributed by atoms with Gasteiger partial charge in [-0.2, -0.15) is 0 Å². The van der Waals surface area contributed by atoms with Crippen molar-refractivity contribution in [3.05, 3.63) is 218 Å². The summed E-state index contributed by atoms with van der Waals surface area (Å²) in [5.74, 6) is 0.197. The quantitative estimate of drug-likeness (QED) is 0.0736. The van der Waals surface area contributed by atoms with Gasteiger partial charge in [0.1, 0.15) is 0 Å². The molecule has 5 atom stereocenters. The van der Waals surface area contributed by atoms with Gasteiger partial charge in [-0.25, -0.2) is 0 Å². The van der Waals surface area contributed by atoms with Crippen LogP contribution in [0.1, 0.15) is 64.9 Å². The zero-order chi connectivity index (χ0) is 48.4. The molecule has 2 unspecified atom stereocenters. The fourth-order valence-electron chi connectivity index (χ4n) is 11.4. The molecule has 0 spiro atoms. The van der Waals surface area contributed by atoms with E-state index in [2.05, 4.69) is 171 Å². The number of hydrogen-bond donors (Lipinski definition) is 1. The first-order valence-electron chi connectivity index (χ1n) is 25.5. The van der Waals surface area contributed by atoms with Crippen molar-refractivity contribution in [2.45, 2.75) is 83.4 Å². The summed E-state index contributed by atoms with van der Waals surface area (Å²) in [7, 11) is -6.84. The predicted octanol–water partition coefficient (Wildman–Crippen LogP) is 8.29. The highest BCUT2D eigenvalue weighted by Gasteiger charge is 2.49. The Morgan fingerprint density at radius 3 is 1.36 bits per heavy atom. The van der Waals surface area contributed by atoms with Crippen molar-refractivity contribution in [3.8, 4) is 0 Å². The molecule has 7 aromatic carbocycles. The number of rotatable bonds is 17. The van der Waals surface area contributed by atoms with E-state index in [-0.39, 0.29) is 17.9 Å². The third-order valence-corrected chi connectivity index (χ3v) is 22.7. The fraction of sp³-hybridized carbons (Fsp3) is 0.290. The first-order valence-corrected chi connectivity index (χ1v) is 29.3. The number of likely N-dealkylation sites (tertiary alicyclic amines) is 1. The third-order valence-electron chi connectivity index (χ3n) is 14.6. The second-order valence-electron chi connectivity index (χ2n) is 20.6. The van der Waals surface area contributed by atoms with Crippen LogP contribution in [0.15, 0.2) is 212 Å². The van der Waals surface area contributed by atoms with Crippen molar-refractivity contribution < 1.29 is 18.4 Å². The molecule has 1 N–H and O–H groups in total. The van der Waals surface area contributed by atoms with E-state index in [0.717, 1.165) is 62.5 Å². The van der Waals surface area contributed by atoms with Crippen LogP contribution in [0.2, 0.25) is 0 Å². The number of nitrogens with one attached hydrogen (secondary N) is 1. The summed E-state index contributed by atoms with van der Waals surface area (Å²) in [6.45, 7) is 7.48. The van der Waals surface area contributed by atoms with Gasteiger partial charge in [0.2, 0.25) is 5.91 Å². The van der Waals surface area contributed by atoms with Crippen LogP contribution < -0.4 is 36.4 Å². The van der Waals surface area contributed by atoms with E-state index in [4.69, 9.17) is 8.85 Å². The number of carbonyl (C=O) groups excluding carboxylic acids is 2. The molecule has 9 rings (SSSR count). The van der Waals surface area contributed by atoms with Gasteiger partial charge in [-0.3, -0.25) is 14.5 Å². The normalized spacial score (nSPS) is 18.5. The summed E-state index contributed by atoms with van der Waals surface area (Å²) in [6.07, 6.45) is 5.87. The van der Waals surface area contributed by atoms with Crippen molar-refractivity contribution in [1.82, 2.24) is 10.2 Å². The highest BCUT2D eigenvalue weighted by molar-refractivity contribution is 7.08. The van der Waals surface area contributed by atoms with Gasteiger partial charge in [0, 0.05) is 18.6 Å². The minimum absolute atomic E-state index is 0.0672.